The third-order valence-electron chi connectivity index (χ3n) is 4.12. The number of hydrogen-bond acceptors (Lipinski definition) is 1. The van der Waals surface area contributed by atoms with E-state index >= 15 is 0 Å². The zero-order valence-corrected chi connectivity index (χ0v) is 12.2. The summed E-state index contributed by atoms with van der Waals surface area (Å²) in [5.74, 6) is 1.83. The standard InChI is InChI=1S/C16H23ClO/c1-12-11-14(18-2)8-9-15(12)16(17)10-7-13-5-3-4-6-13/h8-9,11,13,16H,3-7,10H2,1-2H3. The van der Waals surface area contributed by atoms with Crippen molar-refractivity contribution in [2.24, 2.45) is 5.92 Å². The van der Waals surface area contributed by atoms with Crippen LogP contribution in [0, 0.1) is 12.8 Å². The molecule has 1 saturated carbocycles. The third kappa shape index (κ3) is 3.41. The summed E-state index contributed by atoms with van der Waals surface area (Å²) in [5, 5.41) is 0.150. The molecule has 0 saturated heterocycles. The Bertz CT molecular complexity index is 383. The molecule has 0 spiro atoms. The molecule has 0 heterocycles. The van der Waals surface area contributed by atoms with E-state index in [9.17, 15) is 0 Å². The number of ether oxygens (including phenoxy) is 1. The Kier molecular flexibility index (Phi) is 4.94. The Labute approximate surface area is 115 Å². The van der Waals surface area contributed by atoms with E-state index in [1.807, 2.05) is 6.07 Å². The number of hydrogen-bond donors (Lipinski definition) is 0. The summed E-state index contributed by atoms with van der Waals surface area (Å²) >= 11 is 6.54. The predicted octanol–water partition coefficient (Wildman–Crippen LogP) is 5.25. The lowest BCUT2D eigenvalue weighted by atomic mass is 9.96. The molecule has 0 radical (unpaired) electrons. The molecule has 0 N–H and O–H groups in total. The van der Waals surface area contributed by atoms with Gasteiger partial charge in [-0.15, -0.1) is 11.6 Å². The van der Waals surface area contributed by atoms with Crippen LogP contribution in [0.25, 0.3) is 0 Å². The van der Waals surface area contributed by atoms with Crippen LogP contribution in [0.3, 0.4) is 0 Å². The van der Waals surface area contributed by atoms with Crippen molar-refractivity contribution in [1.29, 1.82) is 0 Å². The summed E-state index contributed by atoms with van der Waals surface area (Å²) in [6.07, 6.45) is 8.02. The number of rotatable bonds is 5. The molecule has 1 aliphatic rings. The molecular weight excluding hydrogens is 244 g/mol. The van der Waals surface area contributed by atoms with Gasteiger partial charge in [0.1, 0.15) is 5.75 Å². The number of alkyl halides is 1. The molecule has 0 bridgehead atoms. The predicted molar refractivity (Wildman–Crippen MR) is 77.5 cm³/mol. The average Bonchev–Trinajstić information content (AvgIpc) is 2.88. The fourth-order valence-corrected chi connectivity index (χ4v) is 3.33. The van der Waals surface area contributed by atoms with Crippen LogP contribution in [-0.2, 0) is 0 Å². The van der Waals surface area contributed by atoms with Gasteiger partial charge in [-0.25, -0.2) is 0 Å². The van der Waals surface area contributed by atoms with Gasteiger partial charge in [0.2, 0.25) is 0 Å². The first-order chi connectivity index (χ1) is 8.70. The molecule has 1 fully saturated rings. The van der Waals surface area contributed by atoms with E-state index in [2.05, 4.69) is 19.1 Å². The van der Waals surface area contributed by atoms with Gasteiger partial charge in [-0.1, -0.05) is 31.7 Å². The number of benzene rings is 1. The van der Waals surface area contributed by atoms with Crippen LogP contribution in [-0.4, -0.2) is 7.11 Å². The Morgan fingerprint density at radius 3 is 2.67 bits per heavy atom. The second-order valence-corrected chi connectivity index (χ2v) is 5.94. The van der Waals surface area contributed by atoms with E-state index in [0.29, 0.717) is 0 Å². The highest BCUT2D eigenvalue weighted by atomic mass is 35.5. The SMILES string of the molecule is COc1ccc(C(Cl)CCC2CCCC2)c(C)c1. The van der Waals surface area contributed by atoms with Crippen LogP contribution in [0.2, 0.25) is 0 Å². The van der Waals surface area contributed by atoms with Crippen molar-refractivity contribution in [2.45, 2.75) is 50.8 Å². The minimum absolute atomic E-state index is 0.150. The molecule has 1 aromatic carbocycles. The first-order valence-electron chi connectivity index (χ1n) is 6.99. The molecule has 18 heavy (non-hydrogen) atoms. The lowest BCUT2D eigenvalue weighted by molar-refractivity contribution is 0.414. The minimum Gasteiger partial charge on any atom is -0.497 e. The Morgan fingerprint density at radius 1 is 1.33 bits per heavy atom. The number of halogens is 1. The molecule has 1 aromatic rings. The highest BCUT2D eigenvalue weighted by Gasteiger charge is 2.18. The van der Waals surface area contributed by atoms with Crippen molar-refractivity contribution in [1.82, 2.24) is 0 Å². The van der Waals surface area contributed by atoms with Crippen LogP contribution in [0.4, 0.5) is 0 Å². The van der Waals surface area contributed by atoms with Crippen LogP contribution in [0.1, 0.15) is 55.0 Å². The maximum atomic E-state index is 6.54. The number of aryl methyl sites for hydroxylation is 1. The number of methoxy groups -OCH3 is 1. The van der Waals surface area contributed by atoms with Crippen LogP contribution in [0.15, 0.2) is 18.2 Å². The van der Waals surface area contributed by atoms with Gasteiger partial charge in [-0.05, 0) is 48.9 Å². The minimum atomic E-state index is 0.150. The summed E-state index contributed by atoms with van der Waals surface area (Å²) in [5.41, 5.74) is 2.50. The Hall–Kier alpha value is -0.690. The molecule has 1 unspecified atom stereocenters. The largest absolute Gasteiger partial charge is 0.497 e. The summed E-state index contributed by atoms with van der Waals surface area (Å²) in [6, 6.07) is 6.19. The molecular formula is C16H23ClO. The highest BCUT2D eigenvalue weighted by molar-refractivity contribution is 6.20. The van der Waals surface area contributed by atoms with Crippen LogP contribution < -0.4 is 4.74 Å². The molecule has 100 valence electrons. The fraction of sp³-hybridized carbons (Fsp3) is 0.625. The summed E-state index contributed by atoms with van der Waals surface area (Å²) in [4.78, 5) is 0. The van der Waals surface area contributed by atoms with Crippen molar-refractivity contribution in [3.05, 3.63) is 29.3 Å². The molecule has 1 aliphatic carbocycles. The van der Waals surface area contributed by atoms with Gasteiger partial charge < -0.3 is 4.74 Å². The molecule has 0 aromatic heterocycles. The van der Waals surface area contributed by atoms with Crippen molar-refractivity contribution < 1.29 is 4.74 Å². The zero-order chi connectivity index (χ0) is 13.0. The second kappa shape index (κ2) is 6.47. The van der Waals surface area contributed by atoms with Gasteiger partial charge in [0, 0.05) is 0 Å². The smallest absolute Gasteiger partial charge is 0.119 e. The lowest BCUT2D eigenvalue weighted by Crippen LogP contribution is -1.99. The quantitative estimate of drug-likeness (QED) is 0.661. The van der Waals surface area contributed by atoms with E-state index in [0.717, 1.165) is 18.1 Å². The maximum absolute atomic E-state index is 6.54. The Morgan fingerprint density at radius 2 is 2.06 bits per heavy atom. The van der Waals surface area contributed by atoms with Gasteiger partial charge in [-0.3, -0.25) is 0 Å². The van der Waals surface area contributed by atoms with Crippen LogP contribution >= 0.6 is 11.6 Å². The van der Waals surface area contributed by atoms with Gasteiger partial charge >= 0.3 is 0 Å². The summed E-state index contributed by atoms with van der Waals surface area (Å²) < 4.78 is 5.23. The topological polar surface area (TPSA) is 9.23 Å². The molecule has 0 aliphatic heterocycles. The van der Waals surface area contributed by atoms with Crippen molar-refractivity contribution in [3.8, 4) is 5.75 Å². The van der Waals surface area contributed by atoms with Gasteiger partial charge in [-0.2, -0.15) is 0 Å². The van der Waals surface area contributed by atoms with Crippen molar-refractivity contribution >= 4 is 11.6 Å². The maximum Gasteiger partial charge on any atom is 0.119 e. The second-order valence-electron chi connectivity index (χ2n) is 5.42. The first-order valence-corrected chi connectivity index (χ1v) is 7.43. The van der Waals surface area contributed by atoms with E-state index in [4.69, 9.17) is 16.3 Å². The van der Waals surface area contributed by atoms with Gasteiger partial charge in [0.05, 0.1) is 12.5 Å². The molecule has 2 heteroatoms. The Balaban J connectivity index is 1.93. The molecule has 1 atom stereocenters. The molecule has 1 nitrogen and oxygen atoms in total. The molecule has 0 amide bonds. The third-order valence-corrected chi connectivity index (χ3v) is 4.57. The van der Waals surface area contributed by atoms with E-state index < -0.39 is 0 Å². The monoisotopic (exact) mass is 266 g/mol. The average molecular weight is 267 g/mol. The zero-order valence-electron chi connectivity index (χ0n) is 11.4. The highest BCUT2D eigenvalue weighted by Crippen LogP contribution is 2.35. The first kappa shape index (κ1) is 13.7. The van der Waals surface area contributed by atoms with Crippen LogP contribution in [0.5, 0.6) is 5.75 Å². The normalized spacial score (nSPS) is 17.9. The van der Waals surface area contributed by atoms with Gasteiger partial charge in [0.15, 0.2) is 0 Å². The van der Waals surface area contributed by atoms with Gasteiger partial charge in [0.25, 0.3) is 0 Å². The van der Waals surface area contributed by atoms with E-state index in [-0.39, 0.29) is 5.38 Å². The molecule has 2 rings (SSSR count). The van der Waals surface area contributed by atoms with E-state index in [1.165, 1.54) is 43.2 Å². The van der Waals surface area contributed by atoms with Crippen molar-refractivity contribution in [2.75, 3.05) is 7.11 Å². The fourth-order valence-electron chi connectivity index (χ4n) is 2.96. The van der Waals surface area contributed by atoms with E-state index in [1.54, 1.807) is 7.11 Å². The summed E-state index contributed by atoms with van der Waals surface area (Å²) in [6.45, 7) is 2.11. The lowest BCUT2D eigenvalue weighted by Gasteiger charge is -2.16. The summed E-state index contributed by atoms with van der Waals surface area (Å²) in [7, 11) is 1.70. The van der Waals surface area contributed by atoms with Crippen molar-refractivity contribution in [3.63, 3.8) is 0 Å².